The van der Waals surface area contributed by atoms with Gasteiger partial charge in [0.05, 0.1) is 0 Å². The molecule has 0 saturated carbocycles. The largest absolute Gasteiger partial charge is 0.399 e. The van der Waals surface area contributed by atoms with Gasteiger partial charge in [0, 0.05) is 25.2 Å². The van der Waals surface area contributed by atoms with E-state index in [1.165, 1.54) is 36.8 Å². The molecule has 1 aliphatic rings. The summed E-state index contributed by atoms with van der Waals surface area (Å²) in [6.45, 7) is 3.80. The van der Waals surface area contributed by atoms with Crippen LogP contribution >= 0.6 is 0 Å². The summed E-state index contributed by atoms with van der Waals surface area (Å²) in [5.74, 6) is 0.309. The Bertz CT molecular complexity index is 456. The van der Waals surface area contributed by atoms with Crippen LogP contribution in [0.4, 0.5) is 5.69 Å². The SMILES string of the molecule is CCCCCCCC(=O)N1CCc2cc(N)ccc2C1. The van der Waals surface area contributed by atoms with Gasteiger partial charge in [-0.1, -0.05) is 38.7 Å². The van der Waals surface area contributed by atoms with Crippen LogP contribution < -0.4 is 5.73 Å². The lowest BCUT2D eigenvalue weighted by molar-refractivity contribution is -0.132. The van der Waals surface area contributed by atoms with Gasteiger partial charge in [-0.3, -0.25) is 4.79 Å². The first-order valence-electron chi connectivity index (χ1n) is 7.85. The fourth-order valence-corrected chi connectivity index (χ4v) is 2.82. The number of benzene rings is 1. The van der Waals surface area contributed by atoms with E-state index in [1.807, 2.05) is 17.0 Å². The Morgan fingerprint density at radius 1 is 1.20 bits per heavy atom. The number of anilines is 1. The molecule has 0 saturated heterocycles. The molecule has 1 amide bonds. The van der Waals surface area contributed by atoms with Crippen LogP contribution in [0.3, 0.4) is 0 Å². The molecule has 2 N–H and O–H groups in total. The molecule has 0 atom stereocenters. The van der Waals surface area contributed by atoms with Crippen molar-refractivity contribution in [3.63, 3.8) is 0 Å². The van der Waals surface area contributed by atoms with Gasteiger partial charge in [0.25, 0.3) is 0 Å². The molecule has 0 fully saturated rings. The summed E-state index contributed by atoms with van der Waals surface area (Å²) in [7, 11) is 0. The van der Waals surface area contributed by atoms with Crippen molar-refractivity contribution in [2.45, 2.75) is 58.4 Å². The number of carbonyl (C=O) groups is 1. The molecule has 0 aliphatic carbocycles. The number of carbonyl (C=O) groups excluding carboxylic acids is 1. The van der Waals surface area contributed by atoms with Crippen molar-refractivity contribution >= 4 is 11.6 Å². The Morgan fingerprint density at radius 2 is 2.00 bits per heavy atom. The second kappa shape index (κ2) is 7.32. The monoisotopic (exact) mass is 274 g/mol. The van der Waals surface area contributed by atoms with Gasteiger partial charge in [0.15, 0.2) is 0 Å². The van der Waals surface area contributed by atoms with Crippen molar-refractivity contribution in [3.8, 4) is 0 Å². The second-order valence-electron chi connectivity index (χ2n) is 5.76. The van der Waals surface area contributed by atoms with Gasteiger partial charge < -0.3 is 10.6 Å². The van der Waals surface area contributed by atoms with E-state index in [0.717, 1.165) is 31.6 Å². The van der Waals surface area contributed by atoms with Crippen LogP contribution in [0.2, 0.25) is 0 Å². The lowest BCUT2D eigenvalue weighted by Crippen LogP contribution is -2.35. The molecule has 1 heterocycles. The summed E-state index contributed by atoms with van der Waals surface area (Å²) in [5, 5.41) is 0. The van der Waals surface area contributed by atoms with Crippen molar-refractivity contribution in [1.29, 1.82) is 0 Å². The van der Waals surface area contributed by atoms with Crippen molar-refractivity contribution in [2.75, 3.05) is 12.3 Å². The maximum absolute atomic E-state index is 12.2. The zero-order valence-corrected chi connectivity index (χ0v) is 12.5. The smallest absolute Gasteiger partial charge is 0.222 e. The molecular formula is C17H26N2O. The molecule has 0 spiro atoms. The number of hydrogen-bond donors (Lipinski definition) is 1. The summed E-state index contributed by atoms with van der Waals surface area (Å²) >= 11 is 0. The normalized spacial score (nSPS) is 14.2. The molecule has 1 aromatic carbocycles. The number of nitrogens with two attached hydrogens (primary N) is 1. The number of fused-ring (bicyclic) bond motifs is 1. The first-order chi connectivity index (χ1) is 9.70. The number of rotatable bonds is 6. The maximum atomic E-state index is 12.2. The molecular weight excluding hydrogens is 248 g/mol. The molecule has 20 heavy (non-hydrogen) atoms. The first kappa shape index (κ1) is 14.9. The van der Waals surface area contributed by atoms with Gasteiger partial charge in [-0.2, -0.15) is 0 Å². The Hall–Kier alpha value is -1.51. The Balaban J connectivity index is 1.80. The van der Waals surface area contributed by atoms with Gasteiger partial charge in [-0.25, -0.2) is 0 Å². The highest BCUT2D eigenvalue weighted by Crippen LogP contribution is 2.22. The molecule has 1 aliphatic heterocycles. The van der Waals surface area contributed by atoms with Crippen LogP contribution in [0.1, 0.15) is 56.6 Å². The molecule has 110 valence electrons. The van der Waals surface area contributed by atoms with Gasteiger partial charge in [-0.15, -0.1) is 0 Å². The highest BCUT2D eigenvalue weighted by atomic mass is 16.2. The summed E-state index contributed by atoms with van der Waals surface area (Å²) in [5.41, 5.74) is 9.18. The molecule has 0 aromatic heterocycles. The standard InChI is InChI=1S/C17H26N2O/c1-2-3-4-5-6-7-17(20)19-11-10-14-12-16(18)9-8-15(14)13-19/h8-9,12H,2-7,10-11,13,18H2,1H3. The maximum Gasteiger partial charge on any atom is 0.222 e. The van der Waals surface area contributed by atoms with Crippen LogP contribution in [0, 0.1) is 0 Å². The minimum absolute atomic E-state index is 0.309. The third kappa shape index (κ3) is 3.99. The predicted octanol–water partition coefficient (Wildman–Crippen LogP) is 3.51. The van der Waals surface area contributed by atoms with Crippen molar-refractivity contribution in [2.24, 2.45) is 0 Å². The highest BCUT2D eigenvalue weighted by molar-refractivity contribution is 5.76. The third-order valence-corrected chi connectivity index (χ3v) is 4.09. The summed E-state index contributed by atoms with van der Waals surface area (Å²) in [6.07, 6.45) is 7.64. The van der Waals surface area contributed by atoms with E-state index in [9.17, 15) is 4.79 Å². The molecule has 0 bridgehead atoms. The average molecular weight is 274 g/mol. The number of unbranched alkanes of at least 4 members (excludes halogenated alkanes) is 4. The van der Waals surface area contributed by atoms with Gasteiger partial charge in [0.2, 0.25) is 5.91 Å². The van der Waals surface area contributed by atoms with E-state index in [2.05, 4.69) is 13.0 Å². The van der Waals surface area contributed by atoms with Crippen LogP contribution in [0.25, 0.3) is 0 Å². The second-order valence-corrected chi connectivity index (χ2v) is 5.76. The Morgan fingerprint density at radius 3 is 2.80 bits per heavy atom. The van der Waals surface area contributed by atoms with Crippen molar-refractivity contribution in [3.05, 3.63) is 29.3 Å². The van der Waals surface area contributed by atoms with Gasteiger partial charge in [-0.05, 0) is 36.1 Å². The van der Waals surface area contributed by atoms with Crippen molar-refractivity contribution < 1.29 is 4.79 Å². The number of amides is 1. The van der Waals surface area contributed by atoms with Crippen LogP contribution in [-0.4, -0.2) is 17.4 Å². The number of nitrogen functional groups attached to an aromatic ring is 1. The summed E-state index contributed by atoms with van der Waals surface area (Å²) in [6, 6.07) is 6.03. The van der Waals surface area contributed by atoms with Crippen LogP contribution in [0.5, 0.6) is 0 Å². The summed E-state index contributed by atoms with van der Waals surface area (Å²) < 4.78 is 0. The van der Waals surface area contributed by atoms with E-state index in [1.54, 1.807) is 0 Å². The average Bonchev–Trinajstić information content (AvgIpc) is 2.46. The molecule has 3 nitrogen and oxygen atoms in total. The van der Waals surface area contributed by atoms with Gasteiger partial charge >= 0.3 is 0 Å². The number of hydrogen-bond acceptors (Lipinski definition) is 2. The molecule has 2 rings (SSSR count). The lowest BCUT2D eigenvalue weighted by atomic mass is 9.98. The van der Waals surface area contributed by atoms with E-state index in [-0.39, 0.29) is 0 Å². The van der Waals surface area contributed by atoms with E-state index < -0.39 is 0 Å². The fourth-order valence-electron chi connectivity index (χ4n) is 2.82. The zero-order valence-electron chi connectivity index (χ0n) is 12.5. The fraction of sp³-hybridized carbons (Fsp3) is 0.588. The highest BCUT2D eigenvalue weighted by Gasteiger charge is 2.20. The topological polar surface area (TPSA) is 46.3 Å². The molecule has 3 heteroatoms. The third-order valence-electron chi connectivity index (χ3n) is 4.09. The minimum Gasteiger partial charge on any atom is -0.399 e. The zero-order chi connectivity index (χ0) is 14.4. The quantitative estimate of drug-likeness (QED) is 0.637. The molecule has 1 aromatic rings. The van der Waals surface area contributed by atoms with Crippen molar-refractivity contribution in [1.82, 2.24) is 4.90 Å². The summed E-state index contributed by atoms with van der Waals surface area (Å²) in [4.78, 5) is 14.2. The van der Waals surface area contributed by atoms with Crippen LogP contribution in [-0.2, 0) is 17.8 Å². The first-order valence-corrected chi connectivity index (χ1v) is 7.85. The van der Waals surface area contributed by atoms with E-state index >= 15 is 0 Å². The predicted molar refractivity (Wildman–Crippen MR) is 83.4 cm³/mol. The van der Waals surface area contributed by atoms with Gasteiger partial charge in [0.1, 0.15) is 0 Å². The molecule has 0 radical (unpaired) electrons. The van der Waals surface area contributed by atoms with Crippen LogP contribution in [0.15, 0.2) is 18.2 Å². The lowest BCUT2D eigenvalue weighted by Gasteiger charge is -2.29. The number of nitrogens with zero attached hydrogens (tertiary/aromatic N) is 1. The minimum atomic E-state index is 0.309. The Kier molecular flexibility index (Phi) is 5.45. The van der Waals surface area contributed by atoms with E-state index in [4.69, 9.17) is 5.73 Å². The Labute approximate surface area is 122 Å². The van der Waals surface area contributed by atoms with E-state index in [0.29, 0.717) is 12.3 Å². The molecule has 0 unspecified atom stereocenters.